The Labute approximate surface area is 78.6 Å². The second-order valence-corrected chi connectivity index (χ2v) is 3.03. The van der Waals surface area contributed by atoms with E-state index in [9.17, 15) is 4.79 Å². The molecule has 0 saturated heterocycles. The Bertz CT molecular complexity index is 58.4. The third-order valence-electron chi connectivity index (χ3n) is 0.134. The van der Waals surface area contributed by atoms with Crippen LogP contribution in [0.4, 0.5) is 0 Å². The monoisotopic (exact) mass is 169 g/mol. The fraction of sp³-hybridized carbons (Fsp3) is 0.500. The number of hydrogen-bond donors (Lipinski definition) is 0. The summed E-state index contributed by atoms with van der Waals surface area (Å²) in [6.45, 7) is 0. The van der Waals surface area contributed by atoms with Crippen LogP contribution in [0.15, 0.2) is 0 Å². The van der Waals surface area contributed by atoms with Gasteiger partial charge in [-0.05, 0) is 0 Å². The Morgan fingerprint density at radius 2 is 1.43 bits per heavy atom. The summed E-state index contributed by atoms with van der Waals surface area (Å²) in [4.78, 5) is 9.43. The van der Waals surface area contributed by atoms with Gasteiger partial charge in [-0.15, -0.1) is 0 Å². The summed E-state index contributed by atoms with van der Waals surface area (Å²) < 4.78 is -1.72. The molecule has 5 heteroatoms. The van der Waals surface area contributed by atoms with Crippen LogP contribution in [0.5, 0.6) is 0 Å². The molecule has 0 unspecified atom stereocenters. The molecule has 0 aliphatic heterocycles. The van der Waals surface area contributed by atoms with E-state index >= 15 is 0 Å². The standard InChI is InChI=1S/C2HCl3O.Na/c3-2(4,5)1-6;/h1H;. The van der Waals surface area contributed by atoms with Gasteiger partial charge in [-0.25, -0.2) is 0 Å². The van der Waals surface area contributed by atoms with Crippen molar-refractivity contribution < 1.29 is 4.79 Å². The van der Waals surface area contributed by atoms with Crippen molar-refractivity contribution in [3.63, 3.8) is 0 Å². The molecule has 0 N–H and O–H groups in total. The zero-order valence-electron chi connectivity index (χ0n) is 3.62. The van der Waals surface area contributed by atoms with E-state index in [2.05, 4.69) is 0 Å². The van der Waals surface area contributed by atoms with E-state index in [0.29, 0.717) is 0 Å². The van der Waals surface area contributed by atoms with Crippen molar-refractivity contribution in [2.45, 2.75) is 3.79 Å². The van der Waals surface area contributed by atoms with Crippen LogP contribution in [-0.4, -0.2) is 39.6 Å². The van der Waals surface area contributed by atoms with Gasteiger partial charge >= 0.3 is 0 Å². The topological polar surface area (TPSA) is 17.1 Å². The van der Waals surface area contributed by atoms with Crippen molar-refractivity contribution in [3.8, 4) is 0 Å². The summed E-state index contributed by atoms with van der Waals surface area (Å²) in [6.07, 6.45) is 0.234. The average molecular weight is 170 g/mol. The minimum Gasteiger partial charge on any atom is -0.299 e. The third-order valence-corrected chi connectivity index (χ3v) is 0.401. The Morgan fingerprint density at radius 3 is 1.43 bits per heavy atom. The first kappa shape index (κ1) is 11.4. The van der Waals surface area contributed by atoms with Gasteiger partial charge in [0.1, 0.15) is 0 Å². The van der Waals surface area contributed by atoms with Crippen LogP contribution in [0.3, 0.4) is 0 Å². The maximum Gasteiger partial charge on any atom is 0.245 e. The van der Waals surface area contributed by atoms with Crippen LogP contribution in [0.1, 0.15) is 0 Å². The second kappa shape index (κ2) is 4.42. The fourth-order valence-corrected chi connectivity index (χ4v) is 0. The Balaban J connectivity index is 0. The molecule has 7 heavy (non-hydrogen) atoms. The number of aldehydes is 1. The summed E-state index contributed by atoms with van der Waals surface area (Å²) in [5.41, 5.74) is 0. The van der Waals surface area contributed by atoms with E-state index in [1.54, 1.807) is 0 Å². The number of hydrogen-bond acceptors (Lipinski definition) is 1. The number of alkyl halides is 3. The zero-order valence-corrected chi connectivity index (χ0v) is 7.89. The quantitative estimate of drug-likeness (QED) is 0.303. The van der Waals surface area contributed by atoms with E-state index < -0.39 is 3.79 Å². The van der Waals surface area contributed by atoms with Gasteiger partial charge in [0.25, 0.3) is 0 Å². The van der Waals surface area contributed by atoms with E-state index in [1.165, 1.54) is 0 Å². The number of carbonyl (C=O) groups is 1. The summed E-state index contributed by atoms with van der Waals surface area (Å²) in [5, 5.41) is 0. The van der Waals surface area contributed by atoms with Crippen LogP contribution >= 0.6 is 34.8 Å². The minimum absolute atomic E-state index is 0. The molecule has 0 aliphatic carbocycles. The largest absolute Gasteiger partial charge is 0.299 e. The molecule has 0 rings (SSSR count). The molecular formula is C2HCl3NaO. The predicted octanol–water partition coefficient (Wildman–Crippen LogP) is 1.17. The molecule has 0 aromatic heterocycles. The molecular weight excluding hydrogens is 169 g/mol. The van der Waals surface area contributed by atoms with Gasteiger partial charge in [-0.1, -0.05) is 34.8 Å². The molecule has 0 fully saturated rings. The first-order valence-electron chi connectivity index (χ1n) is 1.09. The maximum atomic E-state index is 9.43. The molecule has 0 aromatic carbocycles. The van der Waals surface area contributed by atoms with Crippen molar-refractivity contribution >= 4 is 70.6 Å². The van der Waals surface area contributed by atoms with Gasteiger partial charge in [0, 0.05) is 29.6 Å². The van der Waals surface area contributed by atoms with Gasteiger partial charge in [0.15, 0.2) is 6.29 Å². The summed E-state index contributed by atoms with van der Waals surface area (Å²) in [7, 11) is 0. The average Bonchev–Trinajstić information content (AvgIpc) is 1.35. The number of halogens is 3. The minimum atomic E-state index is -1.72. The van der Waals surface area contributed by atoms with Gasteiger partial charge in [0.05, 0.1) is 0 Å². The molecule has 0 atom stereocenters. The van der Waals surface area contributed by atoms with Gasteiger partial charge < -0.3 is 0 Å². The van der Waals surface area contributed by atoms with Crippen molar-refractivity contribution in [2.24, 2.45) is 0 Å². The summed E-state index contributed by atoms with van der Waals surface area (Å²) in [6, 6.07) is 0. The van der Waals surface area contributed by atoms with Crippen molar-refractivity contribution in [3.05, 3.63) is 0 Å². The molecule has 0 aromatic rings. The van der Waals surface area contributed by atoms with E-state index in [0.717, 1.165) is 0 Å². The third kappa shape index (κ3) is 11.2. The smallest absolute Gasteiger partial charge is 0.245 e. The first-order chi connectivity index (χ1) is 2.56. The Morgan fingerprint density at radius 1 is 1.29 bits per heavy atom. The normalized spacial score (nSPS) is 9.57. The van der Waals surface area contributed by atoms with E-state index in [4.69, 9.17) is 34.8 Å². The molecule has 0 spiro atoms. The van der Waals surface area contributed by atoms with Crippen LogP contribution in [-0.2, 0) is 4.79 Å². The molecule has 0 bridgehead atoms. The zero-order chi connectivity index (χ0) is 5.21. The second-order valence-electron chi connectivity index (χ2n) is 0.659. The molecule has 1 radical (unpaired) electrons. The molecule has 0 amide bonds. The van der Waals surface area contributed by atoms with E-state index in [1.807, 2.05) is 0 Å². The molecule has 0 heterocycles. The van der Waals surface area contributed by atoms with Crippen molar-refractivity contribution in [1.82, 2.24) is 0 Å². The van der Waals surface area contributed by atoms with Gasteiger partial charge in [0.2, 0.25) is 3.79 Å². The van der Waals surface area contributed by atoms with Crippen LogP contribution in [0.25, 0.3) is 0 Å². The van der Waals surface area contributed by atoms with Crippen LogP contribution in [0.2, 0.25) is 0 Å². The van der Waals surface area contributed by atoms with Crippen LogP contribution in [0, 0.1) is 0 Å². The number of carbonyl (C=O) groups excluding carboxylic acids is 1. The Kier molecular flexibility index (Phi) is 7.17. The van der Waals surface area contributed by atoms with Crippen molar-refractivity contribution in [2.75, 3.05) is 0 Å². The number of rotatable bonds is 0. The summed E-state index contributed by atoms with van der Waals surface area (Å²) >= 11 is 14.6. The SMILES string of the molecule is O=CC(Cl)(Cl)Cl.[Na]. The predicted molar refractivity (Wildman–Crippen MR) is 32.1 cm³/mol. The summed E-state index contributed by atoms with van der Waals surface area (Å²) in [5.74, 6) is 0. The van der Waals surface area contributed by atoms with E-state index in [-0.39, 0.29) is 35.8 Å². The van der Waals surface area contributed by atoms with Gasteiger partial charge in [-0.2, -0.15) is 0 Å². The molecule has 1 nitrogen and oxygen atoms in total. The Hall–Kier alpha value is 1.54. The first-order valence-corrected chi connectivity index (χ1v) is 2.23. The van der Waals surface area contributed by atoms with Crippen LogP contribution < -0.4 is 0 Å². The van der Waals surface area contributed by atoms with Gasteiger partial charge in [-0.3, -0.25) is 4.79 Å². The maximum absolute atomic E-state index is 9.43. The molecule has 0 saturated carbocycles. The molecule has 0 aliphatic rings. The fourth-order valence-electron chi connectivity index (χ4n) is 0. The molecule has 37 valence electrons. The van der Waals surface area contributed by atoms with Crippen molar-refractivity contribution in [1.29, 1.82) is 0 Å².